The molecule has 98 valence electrons. The Morgan fingerprint density at radius 1 is 0.938 bits per heavy atom. The van der Waals surface area contributed by atoms with Gasteiger partial charge in [-0.15, -0.1) is 0 Å². The lowest BCUT2D eigenvalue weighted by atomic mass is 10.1. The van der Waals surface area contributed by atoms with Gasteiger partial charge >= 0.3 is 0 Å². The highest BCUT2D eigenvalue weighted by atomic mass is 16.3. The van der Waals surface area contributed by atoms with Crippen LogP contribution in [0.25, 0.3) is 0 Å². The van der Waals surface area contributed by atoms with Gasteiger partial charge in [-0.25, -0.2) is 0 Å². The van der Waals surface area contributed by atoms with Crippen molar-refractivity contribution in [2.75, 3.05) is 13.1 Å². The van der Waals surface area contributed by atoms with Crippen LogP contribution in [0.4, 0.5) is 0 Å². The first-order valence-corrected chi connectivity index (χ1v) is 7.00. The van der Waals surface area contributed by atoms with Crippen LogP contribution >= 0.6 is 0 Å². The van der Waals surface area contributed by atoms with E-state index in [2.05, 4.69) is 25.7 Å². The second kappa shape index (κ2) is 10.1. The summed E-state index contributed by atoms with van der Waals surface area (Å²) in [5.41, 5.74) is 0. The van der Waals surface area contributed by atoms with Gasteiger partial charge in [0.1, 0.15) is 0 Å². The maximum absolute atomic E-state index is 9.19. The summed E-state index contributed by atoms with van der Waals surface area (Å²) in [7, 11) is 0. The molecule has 0 aromatic heterocycles. The molecule has 2 nitrogen and oxygen atoms in total. The van der Waals surface area contributed by atoms with Crippen LogP contribution in [0.3, 0.4) is 0 Å². The summed E-state index contributed by atoms with van der Waals surface area (Å²) in [5.74, 6) is 0. The van der Waals surface area contributed by atoms with Crippen molar-refractivity contribution in [1.82, 2.24) is 4.90 Å². The number of aliphatic hydroxyl groups is 1. The smallest absolute Gasteiger partial charge is 0.0512 e. The highest BCUT2D eigenvalue weighted by Crippen LogP contribution is 2.07. The minimum atomic E-state index is -0.132. The van der Waals surface area contributed by atoms with Crippen LogP contribution in [0.5, 0.6) is 0 Å². The predicted octanol–water partition coefficient (Wildman–Crippen LogP) is 3.44. The third-order valence-electron chi connectivity index (χ3n) is 3.10. The average molecular weight is 229 g/mol. The number of aliphatic hydroxyl groups excluding tert-OH is 1. The Balaban J connectivity index is 3.60. The number of unbranched alkanes of at least 4 members (excludes halogenated alkanes) is 3. The summed E-state index contributed by atoms with van der Waals surface area (Å²) in [5, 5.41) is 9.19. The van der Waals surface area contributed by atoms with Gasteiger partial charge in [0.05, 0.1) is 6.10 Å². The molecule has 0 aromatic carbocycles. The molecular formula is C14H31NO. The van der Waals surface area contributed by atoms with Gasteiger partial charge in [-0.1, -0.05) is 19.8 Å². The molecule has 0 aliphatic rings. The number of rotatable bonds is 10. The molecule has 0 rings (SSSR count). The van der Waals surface area contributed by atoms with Crippen LogP contribution in [0.15, 0.2) is 0 Å². The summed E-state index contributed by atoms with van der Waals surface area (Å²) < 4.78 is 0. The minimum absolute atomic E-state index is 0.132. The van der Waals surface area contributed by atoms with Crippen LogP contribution in [0.1, 0.15) is 66.2 Å². The Bertz CT molecular complexity index is 146. The van der Waals surface area contributed by atoms with Gasteiger partial charge in [0.2, 0.25) is 0 Å². The zero-order chi connectivity index (χ0) is 12.4. The molecule has 16 heavy (non-hydrogen) atoms. The quantitative estimate of drug-likeness (QED) is 0.580. The van der Waals surface area contributed by atoms with Crippen LogP contribution in [0.2, 0.25) is 0 Å². The molecule has 0 fully saturated rings. The molecule has 0 aliphatic heterocycles. The van der Waals surface area contributed by atoms with Crippen molar-refractivity contribution in [3.05, 3.63) is 0 Å². The molecule has 0 aliphatic carbocycles. The van der Waals surface area contributed by atoms with Crippen LogP contribution < -0.4 is 0 Å². The first-order chi connectivity index (χ1) is 7.57. The van der Waals surface area contributed by atoms with E-state index in [4.69, 9.17) is 0 Å². The van der Waals surface area contributed by atoms with E-state index in [1.807, 2.05) is 6.92 Å². The number of hydrogen-bond acceptors (Lipinski definition) is 2. The summed E-state index contributed by atoms with van der Waals surface area (Å²) >= 11 is 0. The second-order valence-electron chi connectivity index (χ2n) is 5.18. The molecule has 0 saturated carbocycles. The third-order valence-corrected chi connectivity index (χ3v) is 3.10. The van der Waals surface area contributed by atoms with Crippen molar-refractivity contribution in [2.24, 2.45) is 0 Å². The molecule has 1 N–H and O–H groups in total. The summed E-state index contributed by atoms with van der Waals surface area (Å²) in [6.07, 6.45) is 7.15. The molecule has 0 spiro atoms. The monoisotopic (exact) mass is 229 g/mol. The lowest BCUT2D eigenvalue weighted by Crippen LogP contribution is -2.32. The maximum atomic E-state index is 9.19. The number of nitrogens with zero attached hydrogens (tertiary/aromatic N) is 1. The Hall–Kier alpha value is -0.0800. The lowest BCUT2D eigenvalue weighted by Gasteiger charge is -2.26. The fourth-order valence-corrected chi connectivity index (χ4v) is 1.95. The molecule has 2 heteroatoms. The third kappa shape index (κ3) is 9.17. The van der Waals surface area contributed by atoms with Gasteiger partial charge in [0.25, 0.3) is 0 Å². The highest BCUT2D eigenvalue weighted by Gasteiger charge is 2.08. The van der Waals surface area contributed by atoms with E-state index in [1.165, 1.54) is 38.8 Å². The van der Waals surface area contributed by atoms with Crippen molar-refractivity contribution in [2.45, 2.75) is 78.4 Å². The highest BCUT2D eigenvalue weighted by molar-refractivity contribution is 4.63. The molecule has 0 heterocycles. The van der Waals surface area contributed by atoms with Gasteiger partial charge < -0.3 is 10.0 Å². The van der Waals surface area contributed by atoms with Crippen LogP contribution in [-0.4, -0.2) is 35.2 Å². The van der Waals surface area contributed by atoms with Gasteiger partial charge in [0.15, 0.2) is 0 Å². The van der Waals surface area contributed by atoms with E-state index in [-0.39, 0.29) is 6.10 Å². The molecule has 0 amide bonds. The molecular weight excluding hydrogens is 198 g/mol. The first-order valence-electron chi connectivity index (χ1n) is 7.00. The maximum Gasteiger partial charge on any atom is 0.0512 e. The largest absolute Gasteiger partial charge is 0.393 e. The van der Waals surface area contributed by atoms with Gasteiger partial charge in [-0.3, -0.25) is 0 Å². The topological polar surface area (TPSA) is 23.5 Å². The molecule has 0 aromatic rings. The Kier molecular flexibility index (Phi) is 10.0. The van der Waals surface area contributed by atoms with Crippen molar-refractivity contribution in [1.29, 1.82) is 0 Å². The standard InChI is InChI=1S/C14H31NO/c1-5-6-8-11-15(13(2)3)12-9-7-10-14(4)16/h13-14,16H,5-12H2,1-4H3. The van der Waals surface area contributed by atoms with E-state index in [0.29, 0.717) is 6.04 Å². The van der Waals surface area contributed by atoms with Crippen molar-refractivity contribution >= 4 is 0 Å². The Morgan fingerprint density at radius 3 is 1.94 bits per heavy atom. The van der Waals surface area contributed by atoms with Crippen LogP contribution in [-0.2, 0) is 0 Å². The fraction of sp³-hybridized carbons (Fsp3) is 1.00. The van der Waals surface area contributed by atoms with Crippen molar-refractivity contribution < 1.29 is 5.11 Å². The SMILES string of the molecule is CCCCCN(CCCCC(C)O)C(C)C. The van der Waals surface area contributed by atoms with E-state index < -0.39 is 0 Å². The van der Waals surface area contributed by atoms with Gasteiger partial charge in [0, 0.05) is 6.04 Å². The fourth-order valence-electron chi connectivity index (χ4n) is 1.95. The Labute approximate surface area is 102 Å². The van der Waals surface area contributed by atoms with Gasteiger partial charge in [-0.2, -0.15) is 0 Å². The van der Waals surface area contributed by atoms with E-state index in [9.17, 15) is 5.11 Å². The number of hydrogen-bond donors (Lipinski definition) is 1. The first kappa shape index (κ1) is 15.9. The van der Waals surface area contributed by atoms with Crippen LogP contribution in [0, 0.1) is 0 Å². The van der Waals surface area contributed by atoms with E-state index in [0.717, 1.165) is 12.8 Å². The molecule has 1 atom stereocenters. The van der Waals surface area contributed by atoms with E-state index in [1.54, 1.807) is 0 Å². The van der Waals surface area contributed by atoms with Gasteiger partial charge in [-0.05, 0) is 59.5 Å². The predicted molar refractivity (Wildman–Crippen MR) is 71.8 cm³/mol. The molecule has 0 saturated heterocycles. The lowest BCUT2D eigenvalue weighted by molar-refractivity contribution is 0.171. The zero-order valence-corrected chi connectivity index (χ0v) is 11.7. The normalized spacial score (nSPS) is 13.7. The molecule has 0 bridgehead atoms. The summed E-state index contributed by atoms with van der Waals surface area (Å²) in [4.78, 5) is 2.57. The van der Waals surface area contributed by atoms with Crippen molar-refractivity contribution in [3.8, 4) is 0 Å². The van der Waals surface area contributed by atoms with E-state index >= 15 is 0 Å². The molecule has 1 unspecified atom stereocenters. The summed E-state index contributed by atoms with van der Waals surface area (Å²) in [6.45, 7) is 11.1. The zero-order valence-electron chi connectivity index (χ0n) is 11.7. The Morgan fingerprint density at radius 2 is 1.50 bits per heavy atom. The summed E-state index contributed by atoms with van der Waals surface area (Å²) in [6, 6.07) is 0.656. The minimum Gasteiger partial charge on any atom is -0.393 e. The second-order valence-corrected chi connectivity index (χ2v) is 5.18. The molecule has 0 radical (unpaired) electrons. The average Bonchev–Trinajstić information content (AvgIpc) is 2.21. The van der Waals surface area contributed by atoms with Crippen molar-refractivity contribution in [3.63, 3.8) is 0 Å².